The average Bonchev–Trinajstić information content (AvgIpc) is 2.66. The average molecular weight is 307 g/mol. The maximum atomic E-state index is 3.55. The summed E-state index contributed by atoms with van der Waals surface area (Å²) in [5, 5.41) is 3.55. The van der Waals surface area contributed by atoms with Gasteiger partial charge in [-0.05, 0) is 44.0 Å². The third-order valence-electron chi connectivity index (χ3n) is 4.30. The highest BCUT2D eigenvalue weighted by Gasteiger charge is 2.23. The van der Waals surface area contributed by atoms with Gasteiger partial charge in [-0.15, -0.1) is 0 Å². The smallest absolute Gasteiger partial charge is 0.0366 e. The molecule has 21 heavy (non-hydrogen) atoms. The first-order valence-electron chi connectivity index (χ1n) is 8.24. The molecule has 1 fully saturated rings. The Morgan fingerprint density at radius 2 is 1.95 bits per heavy atom. The lowest BCUT2D eigenvalue weighted by Gasteiger charge is -2.25. The van der Waals surface area contributed by atoms with Crippen molar-refractivity contribution in [3.8, 4) is 0 Å². The molecule has 0 bridgehead atoms. The van der Waals surface area contributed by atoms with Crippen molar-refractivity contribution in [2.75, 3.05) is 30.3 Å². The van der Waals surface area contributed by atoms with Gasteiger partial charge in [-0.3, -0.25) is 0 Å². The van der Waals surface area contributed by atoms with E-state index in [1.54, 1.807) is 0 Å². The van der Waals surface area contributed by atoms with E-state index in [-0.39, 0.29) is 0 Å². The summed E-state index contributed by atoms with van der Waals surface area (Å²) in [6.45, 7) is 12.6. The minimum Gasteiger partial charge on any atom is -0.371 e. The molecule has 1 N–H and O–H groups in total. The van der Waals surface area contributed by atoms with E-state index < -0.39 is 0 Å². The number of thioether (sulfide) groups is 1. The molecule has 0 aromatic heterocycles. The zero-order chi connectivity index (χ0) is 15.3. The molecule has 1 aromatic carbocycles. The van der Waals surface area contributed by atoms with E-state index >= 15 is 0 Å². The van der Waals surface area contributed by atoms with E-state index in [1.165, 1.54) is 36.4 Å². The number of hydrogen-bond acceptors (Lipinski definition) is 3. The fourth-order valence-electron chi connectivity index (χ4n) is 2.73. The number of rotatable bonds is 5. The number of hydrogen-bond donors (Lipinski definition) is 1. The monoisotopic (exact) mass is 306 g/mol. The van der Waals surface area contributed by atoms with Crippen LogP contribution in [0.5, 0.6) is 0 Å². The third-order valence-corrected chi connectivity index (χ3v) is 5.67. The lowest BCUT2D eigenvalue weighted by atomic mass is 10.1. The molecule has 2 nitrogen and oxygen atoms in total. The van der Waals surface area contributed by atoms with Crippen molar-refractivity contribution < 1.29 is 0 Å². The first-order valence-corrected chi connectivity index (χ1v) is 9.22. The third kappa shape index (κ3) is 4.93. The largest absolute Gasteiger partial charge is 0.371 e. The van der Waals surface area contributed by atoms with Crippen LogP contribution < -0.4 is 10.2 Å². The molecule has 1 aliphatic heterocycles. The summed E-state index contributed by atoms with van der Waals surface area (Å²) in [5.74, 6) is 1.23. The summed E-state index contributed by atoms with van der Waals surface area (Å²) in [5.41, 5.74) is 2.76. The molecule has 2 rings (SSSR count). The molecular weight excluding hydrogens is 276 g/mol. The van der Waals surface area contributed by atoms with E-state index in [2.05, 4.69) is 73.9 Å². The van der Waals surface area contributed by atoms with E-state index in [1.807, 2.05) is 0 Å². The second-order valence-corrected chi connectivity index (χ2v) is 8.41. The topological polar surface area (TPSA) is 15.3 Å². The molecule has 1 saturated heterocycles. The van der Waals surface area contributed by atoms with Crippen molar-refractivity contribution in [1.29, 1.82) is 0 Å². The summed E-state index contributed by atoms with van der Waals surface area (Å²) < 4.78 is 0.424. The number of nitrogens with one attached hydrogen (secondary N) is 1. The van der Waals surface area contributed by atoms with Crippen molar-refractivity contribution in [3.05, 3.63) is 29.8 Å². The fraction of sp³-hybridized carbons (Fsp3) is 0.667. The fourth-order valence-corrected chi connectivity index (χ4v) is 3.83. The van der Waals surface area contributed by atoms with Crippen molar-refractivity contribution >= 4 is 17.4 Å². The first-order chi connectivity index (χ1) is 10.0. The van der Waals surface area contributed by atoms with Crippen LogP contribution in [0.3, 0.4) is 0 Å². The molecule has 1 aliphatic rings. The summed E-state index contributed by atoms with van der Waals surface area (Å²) in [6, 6.07) is 9.60. The molecule has 0 spiro atoms. The number of anilines is 1. The van der Waals surface area contributed by atoms with Crippen LogP contribution in [-0.4, -0.2) is 30.1 Å². The van der Waals surface area contributed by atoms with Gasteiger partial charge in [0, 0.05) is 35.3 Å². The van der Waals surface area contributed by atoms with Gasteiger partial charge in [0.05, 0.1) is 0 Å². The quantitative estimate of drug-likeness (QED) is 0.864. The molecule has 3 heteroatoms. The van der Waals surface area contributed by atoms with E-state index in [4.69, 9.17) is 0 Å². The zero-order valence-corrected chi connectivity index (χ0v) is 14.8. The van der Waals surface area contributed by atoms with Crippen molar-refractivity contribution in [2.24, 2.45) is 0 Å². The van der Waals surface area contributed by atoms with Gasteiger partial charge in [0.1, 0.15) is 0 Å². The standard InChI is InChI=1S/C18H30N2S/c1-5-11-19-15(2)16-6-8-17(9-7-16)20-12-10-18(3,4)21-14-13-20/h6-9,15,19H,5,10-14H2,1-4H3. The minimum atomic E-state index is 0.424. The van der Waals surface area contributed by atoms with E-state index in [9.17, 15) is 0 Å². The van der Waals surface area contributed by atoms with E-state index in [0.29, 0.717) is 10.8 Å². The molecule has 0 amide bonds. The Balaban J connectivity index is 1.98. The number of nitrogens with zero attached hydrogens (tertiary/aromatic N) is 1. The maximum Gasteiger partial charge on any atom is 0.0366 e. The predicted octanol–water partition coefficient (Wildman–Crippen LogP) is 4.47. The Morgan fingerprint density at radius 1 is 1.24 bits per heavy atom. The summed E-state index contributed by atoms with van der Waals surface area (Å²) in [4.78, 5) is 2.54. The highest BCUT2D eigenvalue weighted by Crippen LogP contribution is 2.32. The van der Waals surface area contributed by atoms with Gasteiger partial charge in [0.15, 0.2) is 0 Å². The van der Waals surface area contributed by atoms with Crippen LogP contribution in [0, 0.1) is 0 Å². The van der Waals surface area contributed by atoms with Crippen LogP contribution in [0.25, 0.3) is 0 Å². The van der Waals surface area contributed by atoms with Crippen molar-refractivity contribution in [1.82, 2.24) is 5.32 Å². The summed E-state index contributed by atoms with van der Waals surface area (Å²) in [6.07, 6.45) is 2.44. The van der Waals surface area contributed by atoms with Gasteiger partial charge in [-0.1, -0.05) is 32.9 Å². The molecule has 1 atom stereocenters. The molecule has 0 saturated carbocycles. The Kier molecular flexibility index (Phi) is 6.00. The van der Waals surface area contributed by atoms with Crippen LogP contribution in [0.2, 0.25) is 0 Å². The van der Waals surface area contributed by atoms with Crippen molar-refractivity contribution in [3.63, 3.8) is 0 Å². The molecule has 118 valence electrons. The van der Waals surface area contributed by atoms with E-state index in [0.717, 1.165) is 13.1 Å². The maximum absolute atomic E-state index is 3.55. The molecule has 1 unspecified atom stereocenters. The van der Waals surface area contributed by atoms with Gasteiger partial charge in [-0.2, -0.15) is 11.8 Å². The molecule has 0 radical (unpaired) electrons. The highest BCUT2D eigenvalue weighted by atomic mass is 32.2. The van der Waals surface area contributed by atoms with Gasteiger partial charge >= 0.3 is 0 Å². The number of benzene rings is 1. The summed E-state index contributed by atoms with van der Waals surface area (Å²) >= 11 is 2.11. The molecule has 0 aliphatic carbocycles. The Morgan fingerprint density at radius 3 is 2.62 bits per heavy atom. The normalized spacial score (nSPS) is 20.1. The predicted molar refractivity (Wildman–Crippen MR) is 96.5 cm³/mol. The van der Waals surface area contributed by atoms with Crippen LogP contribution in [-0.2, 0) is 0 Å². The van der Waals surface area contributed by atoms with Crippen LogP contribution in [0.1, 0.15) is 52.1 Å². The van der Waals surface area contributed by atoms with Crippen LogP contribution in [0.15, 0.2) is 24.3 Å². The van der Waals surface area contributed by atoms with Gasteiger partial charge < -0.3 is 10.2 Å². The van der Waals surface area contributed by atoms with Gasteiger partial charge in [0.25, 0.3) is 0 Å². The van der Waals surface area contributed by atoms with Crippen LogP contribution in [0.4, 0.5) is 5.69 Å². The Labute approximate surface area is 134 Å². The Hall–Kier alpha value is -0.670. The highest BCUT2D eigenvalue weighted by molar-refractivity contribution is 8.00. The zero-order valence-electron chi connectivity index (χ0n) is 14.0. The molecule has 1 aromatic rings. The Bertz CT molecular complexity index is 427. The van der Waals surface area contributed by atoms with Gasteiger partial charge in [-0.25, -0.2) is 0 Å². The lowest BCUT2D eigenvalue weighted by Crippen LogP contribution is -2.27. The van der Waals surface area contributed by atoms with Crippen LogP contribution >= 0.6 is 11.8 Å². The molecule has 1 heterocycles. The first kappa shape index (κ1) is 16.7. The second-order valence-electron chi connectivity index (χ2n) is 6.61. The summed E-state index contributed by atoms with van der Waals surface area (Å²) in [7, 11) is 0. The minimum absolute atomic E-state index is 0.424. The molecular formula is C18H30N2S. The lowest BCUT2D eigenvalue weighted by molar-refractivity contribution is 0.570. The second kappa shape index (κ2) is 7.55. The van der Waals surface area contributed by atoms with Gasteiger partial charge in [0.2, 0.25) is 0 Å². The van der Waals surface area contributed by atoms with Crippen molar-refractivity contribution in [2.45, 2.75) is 51.3 Å². The SMILES string of the molecule is CCCNC(C)c1ccc(N2CCSC(C)(C)CC2)cc1.